The van der Waals surface area contributed by atoms with Crippen LogP contribution in [0.15, 0.2) is 47.8 Å². The van der Waals surface area contributed by atoms with E-state index in [0.717, 1.165) is 23.3 Å². The van der Waals surface area contributed by atoms with Gasteiger partial charge in [0.15, 0.2) is 6.61 Å². The van der Waals surface area contributed by atoms with Gasteiger partial charge in [0, 0.05) is 11.3 Å². The zero-order valence-corrected chi connectivity index (χ0v) is 15.0. The molecule has 5 heteroatoms. The van der Waals surface area contributed by atoms with Gasteiger partial charge in [-0.05, 0) is 35.8 Å². The van der Waals surface area contributed by atoms with Gasteiger partial charge in [0.1, 0.15) is 0 Å². The van der Waals surface area contributed by atoms with Crippen molar-refractivity contribution in [1.82, 2.24) is 5.32 Å². The van der Waals surface area contributed by atoms with Gasteiger partial charge in [-0.3, -0.25) is 9.59 Å². The number of rotatable bonds is 7. The largest absolute Gasteiger partial charge is 0.456 e. The molecule has 1 aromatic heterocycles. The first-order chi connectivity index (χ1) is 12.2. The summed E-state index contributed by atoms with van der Waals surface area (Å²) < 4.78 is 5.17. The number of benzene rings is 1. The molecule has 0 spiro atoms. The summed E-state index contributed by atoms with van der Waals surface area (Å²) >= 11 is 1.59. The monoisotopic (exact) mass is 357 g/mol. The van der Waals surface area contributed by atoms with E-state index in [1.807, 2.05) is 47.8 Å². The fourth-order valence-corrected chi connectivity index (χ4v) is 4.08. The molecule has 1 aliphatic carbocycles. The highest BCUT2D eigenvalue weighted by molar-refractivity contribution is 7.10. The van der Waals surface area contributed by atoms with E-state index in [1.165, 1.54) is 12.8 Å². The topological polar surface area (TPSA) is 55.4 Å². The first-order valence-corrected chi connectivity index (χ1v) is 9.63. The second kappa shape index (κ2) is 8.81. The maximum absolute atomic E-state index is 12.3. The van der Waals surface area contributed by atoms with Gasteiger partial charge >= 0.3 is 5.97 Å². The van der Waals surface area contributed by atoms with Crippen LogP contribution in [0.1, 0.15) is 48.6 Å². The van der Waals surface area contributed by atoms with E-state index in [0.29, 0.717) is 12.3 Å². The summed E-state index contributed by atoms with van der Waals surface area (Å²) in [4.78, 5) is 25.2. The molecule has 1 aliphatic rings. The van der Waals surface area contributed by atoms with Crippen molar-refractivity contribution in [3.8, 4) is 0 Å². The number of carbonyl (C=O) groups excluding carboxylic acids is 2. The Morgan fingerprint density at radius 1 is 1.12 bits per heavy atom. The fraction of sp³-hybridized carbons (Fsp3) is 0.400. The van der Waals surface area contributed by atoms with E-state index in [-0.39, 0.29) is 24.5 Å². The van der Waals surface area contributed by atoms with Gasteiger partial charge in [0.05, 0.1) is 6.04 Å². The number of nitrogens with one attached hydrogen (secondary N) is 1. The molecule has 1 heterocycles. The van der Waals surface area contributed by atoms with Crippen LogP contribution in [0.5, 0.6) is 0 Å². The smallest absolute Gasteiger partial charge is 0.306 e. The average molecular weight is 357 g/mol. The predicted molar refractivity (Wildman–Crippen MR) is 98.3 cm³/mol. The zero-order chi connectivity index (χ0) is 17.5. The van der Waals surface area contributed by atoms with Crippen molar-refractivity contribution in [3.63, 3.8) is 0 Å². The Kier molecular flexibility index (Phi) is 6.23. The molecule has 0 bridgehead atoms. The first-order valence-electron chi connectivity index (χ1n) is 8.75. The van der Waals surface area contributed by atoms with Crippen molar-refractivity contribution in [2.75, 3.05) is 6.61 Å². The average Bonchev–Trinajstić information content (AvgIpc) is 3.32. The number of thiophene rings is 1. The molecular weight excluding hydrogens is 334 g/mol. The van der Waals surface area contributed by atoms with Crippen LogP contribution < -0.4 is 5.32 Å². The number of ether oxygens (including phenoxy) is 1. The lowest BCUT2D eigenvalue weighted by Gasteiger charge is -2.18. The fourth-order valence-electron chi connectivity index (χ4n) is 3.28. The highest BCUT2D eigenvalue weighted by atomic mass is 32.1. The Labute approximate surface area is 152 Å². The summed E-state index contributed by atoms with van der Waals surface area (Å²) in [5.74, 6) is -0.116. The van der Waals surface area contributed by atoms with Crippen LogP contribution in [0.4, 0.5) is 0 Å². The summed E-state index contributed by atoms with van der Waals surface area (Å²) in [6.45, 7) is -0.222. The minimum absolute atomic E-state index is 0.220. The number of carbonyl (C=O) groups is 2. The summed E-state index contributed by atoms with van der Waals surface area (Å²) in [7, 11) is 0. The molecule has 132 valence electrons. The van der Waals surface area contributed by atoms with Crippen LogP contribution >= 0.6 is 11.3 Å². The second-order valence-electron chi connectivity index (χ2n) is 6.44. The van der Waals surface area contributed by atoms with E-state index in [1.54, 1.807) is 11.3 Å². The van der Waals surface area contributed by atoms with Crippen molar-refractivity contribution in [2.45, 2.75) is 38.1 Å². The maximum atomic E-state index is 12.3. The Hall–Kier alpha value is -2.14. The lowest BCUT2D eigenvalue weighted by atomic mass is 10.0. The molecule has 1 amide bonds. The summed E-state index contributed by atoms with van der Waals surface area (Å²) in [5.41, 5.74) is 1.01. The third kappa shape index (κ3) is 5.16. The molecule has 2 aromatic rings. The zero-order valence-electron chi connectivity index (χ0n) is 14.1. The Morgan fingerprint density at radius 3 is 2.56 bits per heavy atom. The van der Waals surface area contributed by atoms with Crippen molar-refractivity contribution in [2.24, 2.45) is 5.92 Å². The van der Waals surface area contributed by atoms with Gasteiger partial charge in [-0.1, -0.05) is 49.2 Å². The quantitative estimate of drug-likeness (QED) is 0.760. The number of amides is 1. The van der Waals surface area contributed by atoms with Crippen molar-refractivity contribution in [1.29, 1.82) is 0 Å². The van der Waals surface area contributed by atoms with E-state index in [9.17, 15) is 9.59 Å². The molecule has 0 saturated heterocycles. The second-order valence-corrected chi connectivity index (χ2v) is 7.42. The van der Waals surface area contributed by atoms with Gasteiger partial charge in [0.25, 0.3) is 5.91 Å². The molecule has 0 radical (unpaired) electrons. The van der Waals surface area contributed by atoms with Crippen LogP contribution in [0.2, 0.25) is 0 Å². The van der Waals surface area contributed by atoms with E-state index in [4.69, 9.17) is 4.74 Å². The van der Waals surface area contributed by atoms with Gasteiger partial charge in [-0.2, -0.15) is 0 Å². The van der Waals surface area contributed by atoms with Crippen LogP contribution in [-0.4, -0.2) is 18.5 Å². The van der Waals surface area contributed by atoms with Gasteiger partial charge < -0.3 is 10.1 Å². The van der Waals surface area contributed by atoms with Crippen LogP contribution in [-0.2, 0) is 14.3 Å². The summed E-state index contributed by atoms with van der Waals surface area (Å²) in [6.07, 6.45) is 5.00. The third-order valence-electron chi connectivity index (χ3n) is 4.56. The molecule has 25 heavy (non-hydrogen) atoms. The highest BCUT2D eigenvalue weighted by Crippen LogP contribution is 2.28. The molecule has 1 aromatic carbocycles. The maximum Gasteiger partial charge on any atom is 0.306 e. The minimum Gasteiger partial charge on any atom is -0.456 e. The highest BCUT2D eigenvalue weighted by Gasteiger charge is 2.21. The minimum atomic E-state index is -0.276. The number of esters is 1. The molecule has 3 rings (SSSR count). The molecule has 0 unspecified atom stereocenters. The number of hydrogen-bond donors (Lipinski definition) is 1. The lowest BCUT2D eigenvalue weighted by Crippen LogP contribution is -2.32. The Morgan fingerprint density at radius 2 is 1.88 bits per heavy atom. The summed E-state index contributed by atoms with van der Waals surface area (Å²) in [6, 6.07) is 13.5. The van der Waals surface area contributed by atoms with Gasteiger partial charge in [-0.15, -0.1) is 11.3 Å². The SMILES string of the molecule is O=C(COC(=O)CC1CCCC1)N[C@@H](c1ccccc1)c1cccs1. The van der Waals surface area contributed by atoms with Crippen LogP contribution in [0.3, 0.4) is 0 Å². The molecule has 0 aliphatic heterocycles. The Bertz CT molecular complexity index is 678. The van der Waals surface area contributed by atoms with E-state index < -0.39 is 0 Å². The van der Waals surface area contributed by atoms with Crippen molar-refractivity contribution in [3.05, 3.63) is 58.3 Å². The molecule has 1 atom stereocenters. The number of hydrogen-bond acceptors (Lipinski definition) is 4. The Balaban J connectivity index is 1.54. The molecule has 1 fully saturated rings. The standard InChI is InChI=1S/C20H23NO3S/c22-18(14-24-19(23)13-15-7-4-5-8-15)21-20(17-11-6-12-25-17)16-9-2-1-3-10-16/h1-3,6,9-12,15,20H,4-5,7-8,13-14H2,(H,21,22)/t20-/m0/s1. The normalized spacial score (nSPS) is 15.7. The van der Waals surface area contributed by atoms with Crippen LogP contribution in [0, 0.1) is 5.92 Å². The molecule has 1 N–H and O–H groups in total. The van der Waals surface area contributed by atoms with E-state index in [2.05, 4.69) is 5.32 Å². The molecular formula is C20H23NO3S. The molecule has 4 nitrogen and oxygen atoms in total. The van der Waals surface area contributed by atoms with E-state index >= 15 is 0 Å². The van der Waals surface area contributed by atoms with Crippen LogP contribution in [0.25, 0.3) is 0 Å². The lowest BCUT2D eigenvalue weighted by molar-refractivity contribution is -0.149. The van der Waals surface area contributed by atoms with Gasteiger partial charge in [-0.25, -0.2) is 0 Å². The molecule has 1 saturated carbocycles. The van der Waals surface area contributed by atoms with Crippen molar-refractivity contribution < 1.29 is 14.3 Å². The summed E-state index contributed by atoms with van der Waals surface area (Å²) in [5, 5.41) is 4.96. The predicted octanol–water partition coefficient (Wildman–Crippen LogP) is 4.08. The third-order valence-corrected chi connectivity index (χ3v) is 5.50. The van der Waals surface area contributed by atoms with Crippen molar-refractivity contribution >= 4 is 23.2 Å². The first kappa shape index (κ1) is 17.7. The van der Waals surface area contributed by atoms with Gasteiger partial charge in [0.2, 0.25) is 0 Å².